The van der Waals surface area contributed by atoms with Gasteiger partial charge in [0.25, 0.3) is 0 Å². The summed E-state index contributed by atoms with van der Waals surface area (Å²) in [7, 11) is 0. The molecule has 102 valence electrons. The predicted octanol–water partition coefficient (Wildman–Crippen LogP) is 4.10. The summed E-state index contributed by atoms with van der Waals surface area (Å²) in [5, 5.41) is 13.6. The van der Waals surface area contributed by atoms with Crippen LogP contribution < -0.4 is 4.84 Å². The zero-order valence-corrected chi connectivity index (χ0v) is 11.6. The molecule has 0 radical (unpaired) electrons. The summed E-state index contributed by atoms with van der Waals surface area (Å²) in [6, 6.07) is 11.1. The summed E-state index contributed by atoms with van der Waals surface area (Å²) in [6.45, 7) is 0. The first kappa shape index (κ1) is 14.4. The molecule has 2 rings (SSSR count). The van der Waals surface area contributed by atoms with Gasteiger partial charge in [-0.3, -0.25) is 0 Å². The number of aromatic carboxylic acids is 1. The van der Waals surface area contributed by atoms with Gasteiger partial charge in [-0.2, -0.15) is 0 Å². The predicted molar refractivity (Wildman–Crippen MR) is 78.1 cm³/mol. The molecule has 0 unspecified atom stereocenters. The molecule has 20 heavy (non-hydrogen) atoms. The van der Waals surface area contributed by atoms with Crippen LogP contribution in [0.4, 0.5) is 0 Å². The Morgan fingerprint density at radius 1 is 1.15 bits per heavy atom. The van der Waals surface area contributed by atoms with E-state index >= 15 is 0 Å². The number of hydrogen-bond donors (Lipinski definition) is 1. The summed E-state index contributed by atoms with van der Waals surface area (Å²) < 4.78 is 0. The molecule has 0 fully saturated rings. The SMILES string of the molecule is O=C(O)c1ccccc1/C=N/Oc1cc(Cl)cc(Cl)c1. The Morgan fingerprint density at radius 2 is 1.80 bits per heavy atom. The van der Waals surface area contributed by atoms with Gasteiger partial charge < -0.3 is 9.94 Å². The smallest absolute Gasteiger partial charge is 0.336 e. The van der Waals surface area contributed by atoms with E-state index in [9.17, 15) is 4.79 Å². The van der Waals surface area contributed by atoms with Crippen LogP contribution in [0.15, 0.2) is 47.6 Å². The van der Waals surface area contributed by atoms with E-state index in [1.54, 1.807) is 36.4 Å². The molecule has 0 aliphatic carbocycles. The van der Waals surface area contributed by atoms with Crippen LogP contribution in [0.1, 0.15) is 15.9 Å². The van der Waals surface area contributed by atoms with Crippen LogP contribution in [0.5, 0.6) is 5.75 Å². The highest BCUT2D eigenvalue weighted by molar-refractivity contribution is 6.34. The van der Waals surface area contributed by atoms with Gasteiger partial charge in [-0.1, -0.05) is 46.6 Å². The van der Waals surface area contributed by atoms with Crippen LogP contribution >= 0.6 is 23.2 Å². The molecule has 0 aliphatic rings. The zero-order valence-electron chi connectivity index (χ0n) is 10.1. The van der Waals surface area contributed by atoms with Crippen molar-refractivity contribution >= 4 is 35.4 Å². The van der Waals surface area contributed by atoms with Gasteiger partial charge in [0.15, 0.2) is 5.75 Å². The molecule has 6 heteroatoms. The second-order valence-corrected chi connectivity index (χ2v) is 4.70. The van der Waals surface area contributed by atoms with E-state index in [2.05, 4.69) is 5.16 Å². The lowest BCUT2D eigenvalue weighted by atomic mass is 10.1. The van der Waals surface area contributed by atoms with Gasteiger partial charge in [0.05, 0.1) is 11.8 Å². The van der Waals surface area contributed by atoms with Crippen molar-refractivity contribution in [2.45, 2.75) is 0 Å². The average Bonchev–Trinajstić information content (AvgIpc) is 2.38. The van der Waals surface area contributed by atoms with Crippen molar-refractivity contribution in [1.29, 1.82) is 0 Å². The third-order valence-corrected chi connectivity index (χ3v) is 2.81. The summed E-state index contributed by atoms with van der Waals surface area (Å²) in [6.07, 6.45) is 1.32. The van der Waals surface area contributed by atoms with Crippen molar-refractivity contribution in [3.8, 4) is 5.75 Å². The summed E-state index contributed by atoms with van der Waals surface area (Å²) in [4.78, 5) is 16.1. The van der Waals surface area contributed by atoms with E-state index in [0.717, 1.165) is 0 Å². The van der Waals surface area contributed by atoms with E-state index < -0.39 is 5.97 Å². The first-order valence-electron chi connectivity index (χ1n) is 5.55. The quantitative estimate of drug-likeness (QED) is 0.683. The lowest BCUT2D eigenvalue weighted by Crippen LogP contribution is -2.01. The monoisotopic (exact) mass is 309 g/mol. The number of carboxylic acid groups (broad SMARTS) is 1. The van der Waals surface area contributed by atoms with Crippen LogP contribution in [0.3, 0.4) is 0 Å². The molecule has 0 bridgehead atoms. The van der Waals surface area contributed by atoms with Gasteiger partial charge in [-0.25, -0.2) is 4.79 Å². The molecule has 0 aliphatic heterocycles. The van der Waals surface area contributed by atoms with Crippen LogP contribution in [-0.4, -0.2) is 17.3 Å². The molecule has 0 amide bonds. The first-order valence-corrected chi connectivity index (χ1v) is 6.30. The Kier molecular flexibility index (Phi) is 4.61. The Bertz CT molecular complexity index is 651. The van der Waals surface area contributed by atoms with E-state index in [4.69, 9.17) is 33.1 Å². The van der Waals surface area contributed by atoms with Crippen LogP contribution in [0.2, 0.25) is 10.0 Å². The van der Waals surface area contributed by atoms with Gasteiger partial charge in [-0.05, 0) is 12.1 Å². The number of rotatable bonds is 4. The number of oxime groups is 1. The minimum atomic E-state index is -1.03. The lowest BCUT2D eigenvalue weighted by molar-refractivity contribution is 0.0697. The lowest BCUT2D eigenvalue weighted by Gasteiger charge is -2.01. The Morgan fingerprint density at radius 3 is 2.45 bits per heavy atom. The standard InChI is InChI=1S/C14H9Cl2NO3/c15-10-5-11(16)7-12(6-10)20-17-8-9-3-1-2-4-13(9)14(18)19/h1-8H,(H,18,19)/b17-8+. The highest BCUT2D eigenvalue weighted by Crippen LogP contribution is 2.24. The third kappa shape index (κ3) is 3.73. The van der Waals surface area contributed by atoms with E-state index in [0.29, 0.717) is 21.4 Å². The number of carboxylic acids is 1. The normalized spacial score (nSPS) is 10.7. The highest BCUT2D eigenvalue weighted by atomic mass is 35.5. The number of hydrogen-bond acceptors (Lipinski definition) is 3. The Labute approximate surface area is 125 Å². The Balaban J connectivity index is 2.16. The first-order chi connectivity index (χ1) is 9.56. The fourth-order valence-electron chi connectivity index (χ4n) is 1.53. The maximum absolute atomic E-state index is 11.0. The summed E-state index contributed by atoms with van der Waals surface area (Å²) in [5.74, 6) is -0.663. The van der Waals surface area contributed by atoms with Crippen molar-refractivity contribution < 1.29 is 14.7 Å². The largest absolute Gasteiger partial charge is 0.478 e. The van der Waals surface area contributed by atoms with E-state index in [1.165, 1.54) is 12.3 Å². The number of carbonyl (C=O) groups is 1. The van der Waals surface area contributed by atoms with Crippen molar-refractivity contribution in [3.63, 3.8) is 0 Å². The van der Waals surface area contributed by atoms with Gasteiger partial charge in [-0.15, -0.1) is 0 Å². The van der Waals surface area contributed by atoms with Gasteiger partial charge in [0.1, 0.15) is 0 Å². The Hall–Kier alpha value is -2.04. The number of halogens is 2. The fourth-order valence-corrected chi connectivity index (χ4v) is 2.04. The van der Waals surface area contributed by atoms with E-state index in [1.807, 2.05) is 0 Å². The molecule has 4 nitrogen and oxygen atoms in total. The zero-order chi connectivity index (χ0) is 14.5. The molecule has 0 heterocycles. The summed E-state index contributed by atoms with van der Waals surface area (Å²) >= 11 is 11.6. The number of nitrogens with zero attached hydrogens (tertiary/aromatic N) is 1. The molecule has 2 aromatic carbocycles. The fraction of sp³-hybridized carbons (Fsp3) is 0. The third-order valence-electron chi connectivity index (χ3n) is 2.38. The van der Waals surface area contributed by atoms with Crippen LogP contribution in [-0.2, 0) is 0 Å². The topological polar surface area (TPSA) is 58.9 Å². The van der Waals surface area contributed by atoms with Gasteiger partial charge in [0, 0.05) is 27.7 Å². The van der Waals surface area contributed by atoms with Crippen molar-refractivity contribution in [2.75, 3.05) is 0 Å². The van der Waals surface area contributed by atoms with Gasteiger partial charge in [0.2, 0.25) is 0 Å². The van der Waals surface area contributed by atoms with Crippen LogP contribution in [0, 0.1) is 0 Å². The molecule has 2 aromatic rings. The molecule has 0 atom stereocenters. The highest BCUT2D eigenvalue weighted by Gasteiger charge is 2.06. The van der Waals surface area contributed by atoms with Crippen molar-refractivity contribution in [1.82, 2.24) is 0 Å². The minimum Gasteiger partial charge on any atom is -0.478 e. The molecule has 0 spiro atoms. The average molecular weight is 310 g/mol. The van der Waals surface area contributed by atoms with Crippen LogP contribution in [0.25, 0.3) is 0 Å². The molecule has 1 N–H and O–H groups in total. The maximum Gasteiger partial charge on any atom is 0.336 e. The van der Waals surface area contributed by atoms with Crippen molar-refractivity contribution in [3.05, 3.63) is 63.6 Å². The molecule has 0 aromatic heterocycles. The number of benzene rings is 2. The molecular formula is C14H9Cl2NO3. The second-order valence-electron chi connectivity index (χ2n) is 3.82. The summed E-state index contributed by atoms with van der Waals surface area (Å²) in [5.41, 5.74) is 0.581. The molecule has 0 saturated carbocycles. The van der Waals surface area contributed by atoms with E-state index in [-0.39, 0.29) is 5.56 Å². The molecule has 0 saturated heterocycles. The molecular weight excluding hydrogens is 301 g/mol. The minimum absolute atomic E-state index is 0.143. The van der Waals surface area contributed by atoms with Gasteiger partial charge >= 0.3 is 5.97 Å². The second kappa shape index (κ2) is 6.41. The van der Waals surface area contributed by atoms with Crippen molar-refractivity contribution in [2.24, 2.45) is 5.16 Å². The maximum atomic E-state index is 11.0.